The Bertz CT molecular complexity index is 550. The second-order valence-corrected chi connectivity index (χ2v) is 7.09. The largest absolute Gasteiger partial charge is 0.459 e. The normalized spacial score (nSPS) is 22.3. The van der Waals surface area contributed by atoms with E-state index in [2.05, 4.69) is 24.6 Å². The summed E-state index contributed by atoms with van der Waals surface area (Å²) < 4.78 is 5.37. The fourth-order valence-electron chi connectivity index (χ4n) is 2.51. The third-order valence-corrected chi connectivity index (χ3v) is 3.72. The maximum Gasteiger partial charge on any atom is 0.326 e. The first-order valence-electron chi connectivity index (χ1n) is 7.87. The Hall–Kier alpha value is -1.84. The summed E-state index contributed by atoms with van der Waals surface area (Å²) in [4.78, 5) is 18.3. The predicted octanol–water partition coefficient (Wildman–Crippen LogP) is 3.82. The van der Waals surface area contributed by atoms with Gasteiger partial charge < -0.3 is 9.64 Å². The number of hydrogen-bond acceptors (Lipinski definition) is 4. The van der Waals surface area contributed by atoms with Crippen LogP contribution in [0.25, 0.3) is 0 Å². The van der Waals surface area contributed by atoms with Gasteiger partial charge in [-0.2, -0.15) is 0 Å². The van der Waals surface area contributed by atoms with Gasteiger partial charge in [0.25, 0.3) is 0 Å². The van der Waals surface area contributed by atoms with Crippen molar-refractivity contribution in [3.63, 3.8) is 0 Å². The van der Waals surface area contributed by atoms with Gasteiger partial charge in [-0.3, -0.25) is 9.79 Å². The molecule has 4 nitrogen and oxygen atoms in total. The Morgan fingerprint density at radius 1 is 1.50 bits per heavy atom. The molecule has 0 saturated carbocycles. The molecule has 4 heteroatoms. The average molecular weight is 302 g/mol. The molecule has 0 amide bonds. The van der Waals surface area contributed by atoms with Crippen molar-refractivity contribution in [1.82, 2.24) is 4.90 Å². The van der Waals surface area contributed by atoms with Gasteiger partial charge in [-0.1, -0.05) is 19.6 Å². The smallest absolute Gasteiger partial charge is 0.326 e. The Morgan fingerprint density at radius 2 is 2.23 bits per heavy atom. The molecule has 0 aromatic carbocycles. The molecule has 2 rings (SSSR count). The van der Waals surface area contributed by atoms with E-state index >= 15 is 0 Å². The van der Waals surface area contributed by atoms with Crippen molar-refractivity contribution in [2.75, 3.05) is 6.54 Å². The fourth-order valence-corrected chi connectivity index (χ4v) is 2.51. The summed E-state index contributed by atoms with van der Waals surface area (Å²) in [6.45, 7) is 12.0. The SMILES string of the molecule is C=C1C=NC(C2=CCC(C)CC2)=CN1CC(=O)OC(C)(C)C. The quantitative estimate of drug-likeness (QED) is 0.744. The van der Waals surface area contributed by atoms with Crippen molar-refractivity contribution in [2.45, 2.75) is 52.6 Å². The Balaban J connectivity index is 2.06. The molecule has 2 aliphatic rings. The standard InChI is InChI=1S/C18H26N2O2/c1-13-6-8-15(9-7-13)16-11-20(14(2)10-19-16)12-17(21)22-18(3,4)5/h8,10-11,13H,2,6-7,9,12H2,1,3-5H3. The minimum Gasteiger partial charge on any atom is -0.459 e. The lowest BCUT2D eigenvalue weighted by Gasteiger charge is -2.27. The molecule has 0 aromatic rings. The van der Waals surface area contributed by atoms with Crippen LogP contribution in [0, 0.1) is 5.92 Å². The Kier molecular flexibility index (Phi) is 4.89. The van der Waals surface area contributed by atoms with Crippen molar-refractivity contribution in [1.29, 1.82) is 0 Å². The number of rotatable bonds is 3. The summed E-state index contributed by atoms with van der Waals surface area (Å²) in [5, 5.41) is 0. The number of nitrogens with zero attached hydrogens (tertiary/aromatic N) is 2. The highest BCUT2D eigenvalue weighted by molar-refractivity contribution is 5.82. The zero-order chi connectivity index (χ0) is 16.3. The van der Waals surface area contributed by atoms with Crippen LogP contribution in [-0.2, 0) is 9.53 Å². The van der Waals surface area contributed by atoms with Crippen LogP contribution in [0.2, 0.25) is 0 Å². The molecule has 1 aliphatic heterocycles. The van der Waals surface area contributed by atoms with E-state index < -0.39 is 5.60 Å². The van der Waals surface area contributed by atoms with E-state index in [1.54, 1.807) is 6.21 Å². The van der Waals surface area contributed by atoms with Crippen molar-refractivity contribution < 1.29 is 9.53 Å². The average Bonchev–Trinajstić information content (AvgIpc) is 2.40. The summed E-state index contributed by atoms with van der Waals surface area (Å²) >= 11 is 0. The van der Waals surface area contributed by atoms with E-state index in [-0.39, 0.29) is 12.5 Å². The van der Waals surface area contributed by atoms with E-state index in [4.69, 9.17) is 4.74 Å². The molecule has 0 spiro atoms. The summed E-state index contributed by atoms with van der Waals surface area (Å²) in [7, 11) is 0. The third kappa shape index (κ3) is 4.58. The molecule has 22 heavy (non-hydrogen) atoms. The zero-order valence-electron chi connectivity index (χ0n) is 14.1. The van der Waals surface area contributed by atoms with Gasteiger partial charge >= 0.3 is 5.97 Å². The highest BCUT2D eigenvalue weighted by atomic mass is 16.6. The topological polar surface area (TPSA) is 41.9 Å². The molecular weight excluding hydrogens is 276 g/mol. The van der Waals surface area contributed by atoms with Crippen LogP contribution in [0.4, 0.5) is 0 Å². The molecule has 0 fully saturated rings. The monoisotopic (exact) mass is 302 g/mol. The van der Waals surface area contributed by atoms with E-state index in [1.165, 1.54) is 12.0 Å². The molecule has 0 bridgehead atoms. The molecule has 120 valence electrons. The van der Waals surface area contributed by atoms with Gasteiger partial charge in [0.2, 0.25) is 0 Å². The molecular formula is C18H26N2O2. The van der Waals surface area contributed by atoms with Crippen molar-refractivity contribution in [3.8, 4) is 0 Å². The number of carbonyl (C=O) groups is 1. The second kappa shape index (κ2) is 6.51. The predicted molar refractivity (Wildman–Crippen MR) is 89.4 cm³/mol. The van der Waals surface area contributed by atoms with Gasteiger partial charge in [-0.15, -0.1) is 0 Å². The number of hydrogen-bond donors (Lipinski definition) is 0. The number of ether oxygens (including phenoxy) is 1. The maximum atomic E-state index is 12.0. The van der Waals surface area contributed by atoms with Crippen LogP contribution < -0.4 is 0 Å². The lowest BCUT2D eigenvalue weighted by Crippen LogP contribution is -2.33. The highest BCUT2D eigenvalue weighted by Crippen LogP contribution is 2.30. The summed E-state index contributed by atoms with van der Waals surface area (Å²) in [6.07, 6.45) is 9.21. The zero-order valence-corrected chi connectivity index (χ0v) is 14.1. The van der Waals surface area contributed by atoms with Crippen molar-refractivity contribution >= 4 is 12.2 Å². The first-order valence-corrected chi connectivity index (χ1v) is 7.87. The van der Waals surface area contributed by atoms with Crippen LogP contribution in [-0.4, -0.2) is 29.2 Å². The van der Waals surface area contributed by atoms with E-state index in [0.717, 1.165) is 24.5 Å². The molecule has 0 N–H and O–H groups in total. The van der Waals surface area contributed by atoms with Crippen LogP contribution in [0.1, 0.15) is 47.0 Å². The molecule has 1 atom stereocenters. The van der Waals surface area contributed by atoms with Crippen molar-refractivity contribution in [2.24, 2.45) is 10.9 Å². The lowest BCUT2D eigenvalue weighted by atomic mass is 9.89. The maximum absolute atomic E-state index is 12.0. The van der Waals surface area contributed by atoms with Crippen LogP contribution >= 0.6 is 0 Å². The fraction of sp³-hybridized carbons (Fsp3) is 0.556. The summed E-state index contributed by atoms with van der Waals surface area (Å²) in [6, 6.07) is 0. The molecule has 1 aliphatic carbocycles. The van der Waals surface area contributed by atoms with Gasteiger partial charge in [0.05, 0.1) is 17.6 Å². The number of esters is 1. The molecule has 0 radical (unpaired) electrons. The van der Waals surface area contributed by atoms with Crippen LogP contribution in [0.3, 0.4) is 0 Å². The van der Waals surface area contributed by atoms with Crippen LogP contribution in [0.5, 0.6) is 0 Å². The van der Waals surface area contributed by atoms with Gasteiger partial charge in [0.1, 0.15) is 12.1 Å². The second-order valence-electron chi connectivity index (χ2n) is 7.09. The minimum atomic E-state index is -0.475. The number of carbonyl (C=O) groups excluding carboxylic acids is 1. The summed E-state index contributed by atoms with van der Waals surface area (Å²) in [5.74, 6) is 0.482. The highest BCUT2D eigenvalue weighted by Gasteiger charge is 2.22. The minimum absolute atomic E-state index is 0.162. The van der Waals surface area contributed by atoms with Gasteiger partial charge in [0.15, 0.2) is 0 Å². The lowest BCUT2D eigenvalue weighted by molar-refractivity contribution is -0.155. The van der Waals surface area contributed by atoms with E-state index in [0.29, 0.717) is 5.70 Å². The van der Waals surface area contributed by atoms with Gasteiger partial charge in [-0.25, -0.2) is 0 Å². The van der Waals surface area contributed by atoms with Crippen molar-refractivity contribution in [3.05, 3.63) is 35.8 Å². The summed E-state index contributed by atoms with van der Waals surface area (Å²) in [5.41, 5.74) is 2.43. The van der Waals surface area contributed by atoms with Gasteiger partial charge in [0, 0.05) is 6.20 Å². The molecule has 0 saturated heterocycles. The first-order chi connectivity index (χ1) is 10.2. The van der Waals surface area contributed by atoms with Gasteiger partial charge in [-0.05, 0) is 51.5 Å². The Labute approximate surface area is 133 Å². The first kappa shape index (κ1) is 16.5. The van der Waals surface area contributed by atoms with E-state index in [1.807, 2.05) is 31.9 Å². The van der Waals surface area contributed by atoms with Crippen LogP contribution in [0.15, 0.2) is 40.8 Å². The number of allylic oxidation sites excluding steroid dienone is 3. The third-order valence-electron chi connectivity index (χ3n) is 3.72. The van der Waals surface area contributed by atoms with E-state index in [9.17, 15) is 4.79 Å². The number of aliphatic imine (C=N–C) groups is 1. The molecule has 1 heterocycles. The molecule has 0 aromatic heterocycles. The Morgan fingerprint density at radius 3 is 2.82 bits per heavy atom. The molecule has 1 unspecified atom stereocenters.